The average molecular weight is 278 g/mol. The highest BCUT2D eigenvalue weighted by molar-refractivity contribution is 5.88. The lowest BCUT2D eigenvalue weighted by atomic mass is 10.0. The Hall–Kier alpha value is -1.59. The van der Waals surface area contributed by atoms with Crippen LogP contribution in [-0.2, 0) is 0 Å². The Morgan fingerprint density at radius 1 is 1.15 bits per heavy atom. The molecule has 20 heavy (non-hydrogen) atoms. The Bertz CT molecular complexity index is 463. The first-order valence-corrected chi connectivity index (χ1v) is 6.88. The van der Waals surface area contributed by atoms with Crippen molar-refractivity contribution in [1.29, 1.82) is 0 Å². The highest BCUT2D eigenvalue weighted by atomic mass is 16.4. The minimum absolute atomic E-state index is 0.153. The van der Waals surface area contributed by atoms with Crippen molar-refractivity contribution in [2.45, 2.75) is 19.4 Å². The molecule has 5 heteroatoms. The fourth-order valence-corrected chi connectivity index (χ4v) is 2.48. The van der Waals surface area contributed by atoms with E-state index >= 15 is 0 Å². The van der Waals surface area contributed by atoms with Crippen LogP contribution < -0.4 is 4.90 Å². The van der Waals surface area contributed by atoms with Crippen LogP contribution in [0.15, 0.2) is 24.3 Å². The van der Waals surface area contributed by atoms with Gasteiger partial charge in [0, 0.05) is 37.4 Å². The summed E-state index contributed by atoms with van der Waals surface area (Å²) < 4.78 is 0. The molecule has 2 rings (SSSR count). The number of anilines is 1. The molecule has 0 atom stereocenters. The van der Waals surface area contributed by atoms with Crippen molar-refractivity contribution in [3.05, 3.63) is 29.8 Å². The fourth-order valence-electron chi connectivity index (χ4n) is 2.48. The maximum Gasteiger partial charge on any atom is 0.335 e. The molecule has 0 radical (unpaired) electrons. The molecule has 1 saturated heterocycles. The molecule has 0 aliphatic carbocycles. The summed E-state index contributed by atoms with van der Waals surface area (Å²) in [6.45, 7) is 7.81. The number of hydrogen-bond donors (Lipinski definition) is 2. The van der Waals surface area contributed by atoms with Gasteiger partial charge in [0.1, 0.15) is 0 Å². The Morgan fingerprint density at radius 2 is 1.70 bits per heavy atom. The molecule has 1 aromatic rings. The lowest BCUT2D eigenvalue weighted by Crippen LogP contribution is -2.56. The summed E-state index contributed by atoms with van der Waals surface area (Å²) in [6.07, 6.45) is 0. The third kappa shape index (κ3) is 3.11. The minimum Gasteiger partial charge on any atom is -0.478 e. The van der Waals surface area contributed by atoms with E-state index in [0.29, 0.717) is 5.56 Å². The molecule has 1 aromatic carbocycles. The lowest BCUT2D eigenvalue weighted by molar-refractivity contribution is 0.0527. The Morgan fingerprint density at radius 3 is 2.15 bits per heavy atom. The van der Waals surface area contributed by atoms with Gasteiger partial charge in [-0.3, -0.25) is 4.90 Å². The van der Waals surface area contributed by atoms with Gasteiger partial charge in [-0.15, -0.1) is 0 Å². The van der Waals surface area contributed by atoms with Gasteiger partial charge in [-0.1, -0.05) is 0 Å². The number of piperazine rings is 1. The fraction of sp³-hybridized carbons (Fsp3) is 0.533. The first-order chi connectivity index (χ1) is 9.44. The molecular formula is C15H22N2O3. The Balaban J connectivity index is 1.98. The van der Waals surface area contributed by atoms with E-state index in [0.717, 1.165) is 31.9 Å². The van der Waals surface area contributed by atoms with Gasteiger partial charge in [-0.2, -0.15) is 0 Å². The normalized spacial score (nSPS) is 17.2. The zero-order chi connectivity index (χ0) is 14.8. The number of aliphatic hydroxyl groups excluding tert-OH is 1. The van der Waals surface area contributed by atoms with Crippen LogP contribution >= 0.6 is 0 Å². The molecule has 2 N–H and O–H groups in total. The first kappa shape index (κ1) is 14.8. The van der Waals surface area contributed by atoms with Crippen molar-refractivity contribution in [1.82, 2.24) is 4.90 Å². The van der Waals surface area contributed by atoms with Crippen molar-refractivity contribution >= 4 is 11.7 Å². The van der Waals surface area contributed by atoms with E-state index in [1.54, 1.807) is 12.1 Å². The Kier molecular flexibility index (Phi) is 4.30. The molecule has 1 fully saturated rings. The van der Waals surface area contributed by atoms with E-state index in [2.05, 4.69) is 9.80 Å². The molecule has 5 nitrogen and oxygen atoms in total. The highest BCUT2D eigenvalue weighted by Crippen LogP contribution is 2.21. The summed E-state index contributed by atoms with van der Waals surface area (Å²) >= 11 is 0. The molecule has 1 heterocycles. The summed E-state index contributed by atoms with van der Waals surface area (Å²) in [5, 5.41) is 18.3. The van der Waals surface area contributed by atoms with Crippen molar-refractivity contribution in [2.24, 2.45) is 0 Å². The third-order valence-corrected chi connectivity index (χ3v) is 4.00. The maximum atomic E-state index is 10.8. The number of aliphatic hydroxyl groups is 1. The summed E-state index contributed by atoms with van der Waals surface area (Å²) in [5.74, 6) is -0.897. The van der Waals surface area contributed by atoms with E-state index < -0.39 is 5.97 Å². The first-order valence-electron chi connectivity index (χ1n) is 6.88. The largest absolute Gasteiger partial charge is 0.478 e. The number of carboxylic acid groups (broad SMARTS) is 1. The van der Waals surface area contributed by atoms with Gasteiger partial charge in [0.15, 0.2) is 0 Å². The monoisotopic (exact) mass is 278 g/mol. The molecule has 0 saturated carbocycles. The van der Waals surface area contributed by atoms with Gasteiger partial charge in [0.25, 0.3) is 0 Å². The van der Waals surface area contributed by atoms with Crippen LogP contribution in [0.3, 0.4) is 0 Å². The number of carbonyl (C=O) groups is 1. The molecule has 110 valence electrons. The van der Waals surface area contributed by atoms with Crippen molar-refractivity contribution < 1.29 is 15.0 Å². The van der Waals surface area contributed by atoms with Crippen molar-refractivity contribution in [3.63, 3.8) is 0 Å². The van der Waals surface area contributed by atoms with Gasteiger partial charge in [0.05, 0.1) is 12.2 Å². The van der Waals surface area contributed by atoms with Crippen LogP contribution in [0.2, 0.25) is 0 Å². The van der Waals surface area contributed by atoms with E-state index in [4.69, 9.17) is 5.11 Å². The maximum absolute atomic E-state index is 10.8. The van der Waals surface area contributed by atoms with Crippen LogP contribution in [-0.4, -0.2) is 59.4 Å². The molecule has 0 bridgehead atoms. The predicted octanol–water partition coefficient (Wildman–Crippen LogP) is 1.28. The van der Waals surface area contributed by atoms with E-state index in [1.165, 1.54) is 0 Å². The molecule has 1 aliphatic rings. The SMILES string of the molecule is CC(C)(CO)N1CCN(c2ccc(C(=O)O)cc2)CC1. The average Bonchev–Trinajstić information content (AvgIpc) is 2.47. The van der Waals surface area contributed by atoms with Crippen LogP contribution in [0.5, 0.6) is 0 Å². The second-order valence-corrected chi connectivity index (χ2v) is 5.80. The van der Waals surface area contributed by atoms with E-state index in [1.807, 2.05) is 26.0 Å². The molecule has 0 amide bonds. The third-order valence-electron chi connectivity index (χ3n) is 4.00. The Labute approximate surface area is 119 Å². The molecule has 0 aromatic heterocycles. The summed E-state index contributed by atoms with van der Waals surface area (Å²) in [4.78, 5) is 15.4. The number of nitrogens with zero attached hydrogens (tertiary/aromatic N) is 2. The standard InChI is InChI=1S/C15H22N2O3/c1-15(2,11-18)17-9-7-16(8-10-17)13-5-3-12(4-6-13)14(19)20/h3-6,18H,7-11H2,1-2H3,(H,19,20). The van der Waals surface area contributed by atoms with Crippen molar-refractivity contribution in [2.75, 3.05) is 37.7 Å². The molecule has 1 aliphatic heterocycles. The van der Waals surface area contributed by atoms with Gasteiger partial charge >= 0.3 is 5.97 Å². The van der Waals surface area contributed by atoms with Crippen LogP contribution in [0.25, 0.3) is 0 Å². The van der Waals surface area contributed by atoms with Gasteiger partial charge in [-0.05, 0) is 38.1 Å². The topological polar surface area (TPSA) is 64.0 Å². The quantitative estimate of drug-likeness (QED) is 0.868. The number of benzene rings is 1. The minimum atomic E-state index is -0.897. The molecule has 0 spiro atoms. The lowest BCUT2D eigenvalue weighted by Gasteiger charge is -2.43. The van der Waals surface area contributed by atoms with Crippen LogP contribution in [0, 0.1) is 0 Å². The summed E-state index contributed by atoms with van der Waals surface area (Å²) in [6, 6.07) is 7.00. The molecular weight excluding hydrogens is 256 g/mol. The van der Waals surface area contributed by atoms with Gasteiger partial charge < -0.3 is 15.1 Å². The number of aromatic carboxylic acids is 1. The predicted molar refractivity (Wildman–Crippen MR) is 78.4 cm³/mol. The zero-order valence-electron chi connectivity index (χ0n) is 12.0. The van der Waals surface area contributed by atoms with Gasteiger partial charge in [-0.25, -0.2) is 4.79 Å². The van der Waals surface area contributed by atoms with Gasteiger partial charge in [0.2, 0.25) is 0 Å². The summed E-state index contributed by atoms with van der Waals surface area (Å²) in [7, 11) is 0. The summed E-state index contributed by atoms with van der Waals surface area (Å²) in [5.41, 5.74) is 1.18. The zero-order valence-corrected chi connectivity index (χ0v) is 12.0. The highest BCUT2D eigenvalue weighted by Gasteiger charge is 2.29. The van der Waals surface area contributed by atoms with Crippen LogP contribution in [0.1, 0.15) is 24.2 Å². The second-order valence-electron chi connectivity index (χ2n) is 5.80. The molecule has 0 unspecified atom stereocenters. The number of carboxylic acids is 1. The van der Waals surface area contributed by atoms with Crippen molar-refractivity contribution in [3.8, 4) is 0 Å². The smallest absolute Gasteiger partial charge is 0.335 e. The van der Waals surface area contributed by atoms with E-state index in [-0.39, 0.29) is 12.1 Å². The van der Waals surface area contributed by atoms with Crippen LogP contribution in [0.4, 0.5) is 5.69 Å². The second kappa shape index (κ2) is 5.81. The number of hydrogen-bond acceptors (Lipinski definition) is 4. The number of rotatable bonds is 4. The van der Waals surface area contributed by atoms with E-state index in [9.17, 15) is 9.90 Å².